The molecule has 5 nitrogen and oxygen atoms in total. The molecule has 0 aromatic heterocycles. The van der Waals surface area contributed by atoms with E-state index in [-0.39, 0.29) is 17.3 Å². The van der Waals surface area contributed by atoms with Gasteiger partial charge in [-0.15, -0.1) is 0 Å². The summed E-state index contributed by atoms with van der Waals surface area (Å²) < 4.78 is 10.9. The largest absolute Gasteiger partial charge is 0.508 e. The molecule has 4 rings (SSSR count). The molecule has 0 unspecified atom stereocenters. The lowest BCUT2D eigenvalue weighted by atomic mass is 9.95. The minimum absolute atomic E-state index is 0.132. The standard InChI is InChI=1S/C27H22O5/c1-31-25-11-9-19(15-23(25)17-5-3-7-21(28)13-17)27(30)20-10-12-26(32-2)24(16-20)18-6-4-8-22(29)14-18/h3-16,28-29H,1-2H3. The topological polar surface area (TPSA) is 76.0 Å². The Morgan fingerprint density at radius 3 is 1.44 bits per heavy atom. The minimum atomic E-state index is -0.168. The van der Waals surface area contributed by atoms with Gasteiger partial charge in [-0.05, 0) is 71.8 Å². The first kappa shape index (κ1) is 21.0. The van der Waals surface area contributed by atoms with Crippen LogP contribution < -0.4 is 9.47 Å². The number of hydrogen-bond donors (Lipinski definition) is 2. The third-order valence-corrected chi connectivity index (χ3v) is 5.24. The van der Waals surface area contributed by atoms with E-state index in [1.54, 1.807) is 87.0 Å². The van der Waals surface area contributed by atoms with Crippen LogP contribution in [-0.2, 0) is 0 Å². The second kappa shape index (κ2) is 8.86. The first-order chi connectivity index (χ1) is 15.5. The Labute approximate surface area is 186 Å². The number of aromatic hydroxyl groups is 2. The molecule has 4 aromatic rings. The molecule has 0 saturated carbocycles. The summed E-state index contributed by atoms with van der Waals surface area (Å²) in [5.74, 6) is 1.29. The van der Waals surface area contributed by atoms with Gasteiger partial charge >= 0.3 is 0 Å². The summed E-state index contributed by atoms with van der Waals surface area (Å²) in [6.07, 6.45) is 0. The van der Waals surface area contributed by atoms with E-state index in [2.05, 4.69) is 0 Å². The van der Waals surface area contributed by atoms with E-state index in [4.69, 9.17) is 9.47 Å². The first-order valence-corrected chi connectivity index (χ1v) is 9.99. The van der Waals surface area contributed by atoms with Crippen molar-refractivity contribution in [1.29, 1.82) is 0 Å². The third kappa shape index (κ3) is 4.14. The molecule has 0 saturated heterocycles. The molecule has 0 aliphatic carbocycles. The molecule has 0 amide bonds. The van der Waals surface area contributed by atoms with Crippen molar-refractivity contribution >= 4 is 5.78 Å². The van der Waals surface area contributed by atoms with Crippen molar-refractivity contribution in [1.82, 2.24) is 0 Å². The van der Waals surface area contributed by atoms with Crippen molar-refractivity contribution in [2.24, 2.45) is 0 Å². The Hall–Kier alpha value is -4.25. The van der Waals surface area contributed by atoms with Gasteiger partial charge < -0.3 is 19.7 Å². The van der Waals surface area contributed by atoms with Crippen LogP contribution in [0.1, 0.15) is 15.9 Å². The number of hydrogen-bond acceptors (Lipinski definition) is 5. The Kier molecular flexibility index (Phi) is 5.81. The molecular formula is C27H22O5. The zero-order chi connectivity index (χ0) is 22.7. The van der Waals surface area contributed by atoms with Gasteiger partial charge in [-0.2, -0.15) is 0 Å². The van der Waals surface area contributed by atoms with E-state index in [1.165, 1.54) is 0 Å². The summed E-state index contributed by atoms with van der Waals surface area (Å²) in [6.45, 7) is 0. The summed E-state index contributed by atoms with van der Waals surface area (Å²) in [4.78, 5) is 13.4. The Balaban J connectivity index is 1.78. The van der Waals surface area contributed by atoms with Gasteiger partial charge in [0.15, 0.2) is 5.78 Å². The number of methoxy groups -OCH3 is 2. The lowest BCUT2D eigenvalue weighted by Gasteiger charge is -2.13. The predicted molar refractivity (Wildman–Crippen MR) is 124 cm³/mol. The molecule has 0 bridgehead atoms. The number of phenolic OH excluding ortho intramolecular Hbond substituents is 2. The first-order valence-electron chi connectivity index (χ1n) is 9.99. The summed E-state index contributed by atoms with van der Waals surface area (Å²) in [6, 6.07) is 24.0. The van der Waals surface area contributed by atoms with Crippen LogP contribution in [-0.4, -0.2) is 30.2 Å². The van der Waals surface area contributed by atoms with Gasteiger partial charge in [-0.1, -0.05) is 24.3 Å². The molecule has 4 aromatic carbocycles. The Morgan fingerprint density at radius 2 is 1.06 bits per heavy atom. The van der Waals surface area contributed by atoms with Crippen LogP contribution in [0.4, 0.5) is 0 Å². The second-order valence-corrected chi connectivity index (χ2v) is 7.26. The average molecular weight is 426 g/mol. The monoisotopic (exact) mass is 426 g/mol. The van der Waals surface area contributed by atoms with Gasteiger partial charge in [-0.25, -0.2) is 0 Å². The van der Waals surface area contributed by atoms with Gasteiger partial charge in [0.2, 0.25) is 0 Å². The van der Waals surface area contributed by atoms with Crippen LogP contribution in [0.25, 0.3) is 22.3 Å². The van der Waals surface area contributed by atoms with Crippen LogP contribution in [0.5, 0.6) is 23.0 Å². The number of ketones is 1. The minimum Gasteiger partial charge on any atom is -0.508 e. The highest BCUT2D eigenvalue weighted by Gasteiger charge is 2.16. The highest BCUT2D eigenvalue weighted by molar-refractivity contribution is 6.10. The Morgan fingerprint density at radius 1 is 0.625 bits per heavy atom. The maximum atomic E-state index is 13.4. The lowest BCUT2D eigenvalue weighted by molar-refractivity contribution is 0.103. The molecule has 0 spiro atoms. The molecule has 0 aliphatic rings. The van der Waals surface area contributed by atoms with Crippen molar-refractivity contribution < 1.29 is 24.5 Å². The maximum absolute atomic E-state index is 13.4. The number of carbonyl (C=O) groups is 1. The summed E-state index contributed by atoms with van der Waals surface area (Å²) in [5, 5.41) is 19.7. The van der Waals surface area contributed by atoms with E-state index < -0.39 is 0 Å². The average Bonchev–Trinajstić information content (AvgIpc) is 2.82. The highest BCUT2D eigenvalue weighted by Crippen LogP contribution is 2.35. The van der Waals surface area contributed by atoms with Gasteiger partial charge in [0.25, 0.3) is 0 Å². The molecule has 0 heterocycles. The predicted octanol–water partition coefficient (Wildman–Crippen LogP) is 5.68. The van der Waals surface area contributed by atoms with Gasteiger partial charge in [0.1, 0.15) is 23.0 Å². The van der Waals surface area contributed by atoms with E-state index in [9.17, 15) is 15.0 Å². The van der Waals surface area contributed by atoms with Crippen LogP contribution in [0.2, 0.25) is 0 Å². The SMILES string of the molecule is COc1ccc(C(=O)c2ccc(OC)c(-c3cccc(O)c3)c2)cc1-c1cccc(O)c1. The number of benzene rings is 4. The number of carbonyl (C=O) groups excluding carboxylic acids is 1. The van der Waals surface area contributed by atoms with Crippen LogP contribution in [0.15, 0.2) is 84.9 Å². The van der Waals surface area contributed by atoms with Crippen LogP contribution in [0, 0.1) is 0 Å². The fourth-order valence-electron chi connectivity index (χ4n) is 3.66. The molecule has 32 heavy (non-hydrogen) atoms. The molecular weight excluding hydrogens is 404 g/mol. The number of ether oxygens (including phenoxy) is 2. The zero-order valence-corrected chi connectivity index (χ0v) is 17.7. The molecule has 5 heteroatoms. The molecule has 0 fully saturated rings. The van der Waals surface area contributed by atoms with Gasteiger partial charge in [-0.3, -0.25) is 4.79 Å². The fourth-order valence-corrected chi connectivity index (χ4v) is 3.66. The van der Waals surface area contributed by atoms with Crippen molar-refractivity contribution in [3.05, 3.63) is 96.1 Å². The van der Waals surface area contributed by atoms with Crippen LogP contribution >= 0.6 is 0 Å². The van der Waals surface area contributed by atoms with Crippen molar-refractivity contribution in [3.63, 3.8) is 0 Å². The normalized spacial score (nSPS) is 10.6. The molecule has 2 N–H and O–H groups in total. The smallest absolute Gasteiger partial charge is 0.193 e. The molecule has 0 radical (unpaired) electrons. The fraction of sp³-hybridized carbons (Fsp3) is 0.0741. The molecule has 160 valence electrons. The van der Waals surface area contributed by atoms with Gasteiger partial charge in [0.05, 0.1) is 14.2 Å². The summed E-state index contributed by atoms with van der Waals surface area (Å²) >= 11 is 0. The van der Waals surface area contributed by atoms with Crippen molar-refractivity contribution in [3.8, 4) is 45.3 Å². The lowest BCUT2D eigenvalue weighted by Crippen LogP contribution is -2.03. The maximum Gasteiger partial charge on any atom is 0.193 e. The van der Waals surface area contributed by atoms with E-state index in [0.717, 1.165) is 11.1 Å². The number of rotatable bonds is 6. The van der Waals surface area contributed by atoms with Crippen molar-refractivity contribution in [2.45, 2.75) is 0 Å². The molecule has 0 aliphatic heterocycles. The van der Waals surface area contributed by atoms with Crippen molar-refractivity contribution in [2.75, 3.05) is 14.2 Å². The summed E-state index contributed by atoms with van der Waals surface area (Å²) in [5.41, 5.74) is 3.86. The summed E-state index contributed by atoms with van der Waals surface area (Å²) in [7, 11) is 3.13. The Bertz CT molecular complexity index is 1190. The third-order valence-electron chi connectivity index (χ3n) is 5.24. The van der Waals surface area contributed by atoms with Crippen LogP contribution in [0.3, 0.4) is 0 Å². The number of phenols is 2. The van der Waals surface area contributed by atoms with Gasteiger partial charge in [0, 0.05) is 22.3 Å². The van der Waals surface area contributed by atoms with E-state index in [0.29, 0.717) is 33.8 Å². The zero-order valence-electron chi connectivity index (χ0n) is 17.7. The highest BCUT2D eigenvalue weighted by atomic mass is 16.5. The van der Waals surface area contributed by atoms with E-state index >= 15 is 0 Å². The van der Waals surface area contributed by atoms with E-state index in [1.807, 2.05) is 12.1 Å². The second-order valence-electron chi connectivity index (χ2n) is 7.26. The quantitative estimate of drug-likeness (QED) is 0.388. The molecule has 0 atom stereocenters.